The summed E-state index contributed by atoms with van der Waals surface area (Å²) in [6.45, 7) is 2.30. The lowest BCUT2D eigenvalue weighted by atomic mass is 10.1. The molecule has 4 nitrogen and oxygen atoms in total. The Balaban J connectivity index is 1.55. The van der Waals surface area contributed by atoms with Gasteiger partial charge in [-0.2, -0.15) is 0 Å². The van der Waals surface area contributed by atoms with E-state index in [1.54, 1.807) is 11.3 Å². The van der Waals surface area contributed by atoms with Gasteiger partial charge in [0.25, 0.3) is 0 Å². The fourth-order valence-electron chi connectivity index (χ4n) is 2.78. The Labute approximate surface area is 158 Å². The third kappa shape index (κ3) is 5.02. The molecule has 0 spiro atoms. The number of nitrogens with zero attached hydrogens (tertiary/aromatic N) is 1. The topological polar surface area (TPSA) is 76.4 Å². The Hall–Kier alpha value is -2.47. The van der Waals surface area contributed by atoms with Gasteiger partial charge in [0, 0.05) is 13.1 Å². The highest BCUT2D eigenvalue weighted by Gasteiger charge is 2.02. The van der Waals surface area contributed by atoms with Crippen LogP contribution in [0.1, 0.15) is 21.6 Å². The standard InChI is InChI=1S/C21H24N4S/c22-14-17-6-1-2-7-18(17)15-24-11-10-16-5-3-8-19(13-16)25-21(23)20-9-4-12-26-20/h1-9,12-13,24H,10-11,14-15,22H2,(H2,23,25). The maximum absolute atomic E-state index is 6.07. The molecule has 0 saturated carbocycles. The summed E-state index contributed by atoms with van der Waals surface area (Å²) in [4.78, 5) is 5.53. The van der Waals surface area contributed by atoms with Crippen molar-refractivity contribution in [2.24, 2.45) is 16.5 Å². The maximum Gasteiger partial charge on any atom is 0.141 e. The van der Waals surface area contributed by atoms with Gasteiger partial charge >= 0.3 is 0 Å². The number of amidine groups is 1. The molecule has 0 saturated heterocycles. The van der Waals surface area contributed by atoms with Crippen molar-refractivity contribution in [2.75, 3.05) is 6.54 Å². The molecule has 0 fully saturated rings. The van der Waals surface area contributed by atoms with Gasteiger partial charge in [-0.3, -0.25) is 0 Å². The van der Waals surface area contributed by atoms with Crippen LogP contribution in [0.4, 0.5) is 5.69 Å². The Bertz CT molecular complexity index is 856. The molecule has 0 aliphatic rings. The quantitative estimate of drug-likeness (QED) is 0.325. The van der Waals surface area contributed by atoms with E-state index < -0.39 is 0 Å². The molecule has 5 heteroatoms. The fourth-order valence-corrected chi connectivity index (χ4v) is 3.41. The lowest BCUT2D eigenvalue weighted by Crippen LogP contribution is -2.18. The average molecular weight is 365 g/mol. The zero-order chi connectivity index (χ0) is 18.2. The first-order chi connectivity index (χ1) is 12.8. The van der Waals surface area contributed by atoms with E-state index >= 15 is 0 Å². The van der Waals surface area contributed by atoms with Crippen molar-refractivity contribution in [2.45, 2.75) is 19.5 Å². The van der Waals surface area contributed by atoms with E-state index in [2.05, 4.69) is 40.6 Å². The molecule has 26 heavy (non-hydrogen) atoms. The summed E-state index contributed by atoms with van der Waals surface area (Å²) in [5, 5.41) is 5.50. The van der Waals surface area contributed by atoms with Gasteiger partial charge in [0.1, 0.15) is 5.84 Å². The van der Waals surface area contributed by atoms with E-state index in [-0.39, 0.29) is 0 Å². The Kier molecular flexibility index (Phi) is 6.55. The first kappa shape index (κ1) is 18.3. The molecule has 5 N–H and O–H groups in total. The normalized spacial score (nSPS) is 11.7. The number of nitrogens with two attached hydrogens (primary N) is 2. The summed E-state index contributed by atoms with van der Waals surface area (Å²) in [7, 11) is 0. The minimum absolute atomic E-state index is 0.564. The molecular formula is C21H24N4S. The number of aliphatic imine (C=N–C) groups is 1. The lowest BCUT2D eigenvalue weighted by molar-refractivity contribution is 0.682. The van der Waals surface area contributed by atoms with Gasteiger partial charge in [-0.1, -0.05) is 42.5 Å². The van der Waals surface area contributed by atoms with Crippen molar-refractivity contribution in [3.05, 3.63) is 87.6 Å². The molecular weight excluding hydrogens is 340 g/mol. The summed E-state index contributed by atoms with van der Waals surface area (Å²) >= 11 is 1.60. The molecule has 1 aromatic heterocycles. The Morgan fingerprint density at radius 2 is 1.85 bits per heavy atom. The van der Waals surface area contributed by atoms with Gasteiger partial charge in [0.05, 0.1) is 10.6 Å². The highest BCUT2D eigenvalue weighted by atomic mass is 32.1. The van der Waals surface area contributed by atoms with Crippen LogP contribution in [-0.2, 0) is 19.5 Å². The third-order valence-electron chi connectivity index (χ3n) is 4.18. The van der Waals surface area contributed by atoms with Crippen LogP contribution in [0.15, 0.2) is 71.0 Å². The van der Waals surface area contributed by atoms with Crippen molar-refractivity contribution in [3.8, 4) is 0 Å². The summed E-state index contributed by atoms with van der Waals surface area (Å²) in [5.74, 6) is 0.564. The molecule has 2 aromatic carbocycles. The number of nitrogens with one attached hydrogen (secondary N) is 1. The Morgan fingerprint density at radius 1 is 1.00 bits per heavy atom. The third-order valence-corrected chi connectivity index (χ3v) is 5.07. The number of hydrogen-bond donors (Lipinski definition) is 3. The fraction of sp³-hybridized carbons (Fsp3) is 0.190. The van der Waals surface area contributed by atoms with Crippen LogP contribution in [0.2, 0.25) is 0 Å². The zero-order valence-corrected chi connectivity index (χ0v) is 15.5. The predicted molar refractivity (Wildman–Crippen MR) is 111 cm³/mol. The lowest BCUT2D eigenvalue weighted by Gasteiger charge is -2.09. The minimum atomic E-state index is 0.564. The first-order valence-corrected chi connectivity index (χ1v) is 9.59. The molecule has 0 unspecified atom stereocenters. The highest BCUT2D eigenvalue weighted by Crippen LogP contribution is 2.17. The molecule has 0 amide bonds. The number of benzene rings is 2. The predicted octanol–water partition coefficient (Wildman–Crippen LogP) is 3.58. The maximum atomic E-state index is 6.07. The van der Waals surface area contributed by atoms with E-state index in [0.29, 0.717) is 12.4 Å². The first-order valence-electron chi connectivity index (χ1n) is 8.71. The molecule has 134 valence electrons. The van der Waals surface area contributed by atoms with Crippen LogP contribution < -0.4 is 16.8 Å². The van der Waals surface area contributed by atoms with Gasteiger partial charge in [-0.15, -0.1) is 11.3 Å². The van der Waals surface area contributed by atoms with E-state index in [4.69, 9.17) is 11.5 Å². The zero-order valence-electron chi connectivity index (χ0n) is 14.7. The van der Waals surface area contributed by atoms with Crippen molar-refractivity contribution in [3.63, 3.8) is 0 Å². The molecule has 1 heterocycles. The summed E-state index contributed by atoms with van der Waals surface area (Å²) in [5.41, 5.74) is 16.4. The molecule has 0 radical (unpaired) electrons. The van der Waals surface area contributed by atoms with Crippen molar-refractivity contribution < 1.29 is 0 Å². The molecule has 0 aliphatic heterocycles. The van der Waals surface area contributed by atoms with Gasteiger partial charge in [-0.25, -0.2) is 4.99 Å². The van der Waals surface area contributed by atoms with Crippen LogP contribution >= 0.6 is 11.3 Å². The summed E-state index contributed by atoms with van der Waals surface area (Å²) in [6.07, 6.45) is 0.938. The molecule has 3 aromatic rings. The molecule has 0 aliphatic carbocycles. The minimum Gasteiger partial charge on any atom is -0.383 e. The van der Waals surface area contributed by atoms with Gasteiger partial charge in [0.15, 0.2) is 0 Å². The molecule has 0 bridgehead atoms. The molecule has 0 atom stereocenters. The number of rotatable bonds is 8. The van der Waals surface area contributed by atoms with Crippen LogP contribution in [0.5, 0.6) is 0 Å². The van der Waals surface area contributed by atoms with E-state index in [1.165, 1.54) is 16.7 Å². The number of hydrogen-bond acceptors (Lipinski definition) is 4. The largest absolute Gasteiger partial charge is 0.383 e. The monoisotopic (exact) mass is 364 g/mol. The van der Waals surface area contributed by atoms with Crippen molar-refractivity contribution >= 4 is 22.9 Å². The van der Waals surface area contributed by atoms with Crippen LogP contribution in [0.3, 0.4) is 0 Å². The van der Waals surface area contributed by atoms with Crippen LogP contribution in [0, 0.1) is 0 Å². The average Bonchev–Trinajstić information content (AvgIpc) is 3.21. The Morgan fingerprint density at radius 3 is 2.62 bits per heavy atom. The van der Waals surface area contributed by atoms with Crippen molar-refractivity contribution in [1.82, 2.24) is 5.32 Å². The van der Waals surface area contributed by atoms with E-state index in [1.807, 2.05) is 35.7 Å². The number of thiophene rings is 1. The highest BCUT2D eigenvalue weighted by molar-refractivity contribution is 7.12. The van der Waals surface area contributed by atoms with Gasteiger partial charge in [-0.05, 0) is 53.2 Å². The van der Waals surface area contributed by atoms with Crippen molar-refractivity contribution in [1.29, 1.82) is 0 Å². The second kappa shape index (κ2) is 9.29. The van der Waals surface area contributed by atoms with Gasteiger partial charge < -0.3 is 16.8 Å². The van der Waals surface area contributed by atoms with Gasteiger partial charge in [0.2, 0.25) is 0 Å². The van der Waals surface area contributed by atoms with E-state index in [0.717, 1.165) is 30.1 Å². The SMILES string of the molecule is NCc1ccccc1CNCCc1cccc(N=C(N)c2cccs2)c1. The summed E-state index contributed by atoms with van der Waals surface area (Å²) < 4.78 is 0. The van der Waals surface area contributed by atoms with E-state index in [9.17, 15) is 0 Å². The molecule has 3 rings (SSSR count). The second-order valence-corrected chi connectivity index (χ2v) is 6.99. The van der Waals surface area contributed by atoms with Crippen LogP contribution in [0.25, 0.3) is 0 Å². The smallest absolute Gasteiger partial charge is 0.141 e. The summed E-state index contributed by atoms with van der Waals surface area (Å²) in [6, 6.07) is 20.5. The van der Waals surface area contributed by atoms with Crippen LogP contribution in [-0.4, -0.2) is 12.4 Å². The second-order valence-electron chi connectivity index (χ2n) is 6.04.